The summed E-state index contributed by atoms with van der Waals surface area (Å²) in [5.41, 5.74) is 1.76. The Morgan fingerprint density at radius 3 is 2.46 bits per heavy atom. The SMILES string of the molecule is CCCCCc1ccc(C(=O)CCC(=O)O[C@H](C)C(=O)N2CCNC2=O)cc1. The summed E-state index contributed by atoms with van der Waals surface area (Å²) < 4.78 is 5.07. The fourth-order valence-electron chi connectivity index (χ4n) is 3.00. The van der Waals surface area contributed by atoms with E-state index in [0.29, 0.717) is 12.1 Å². The summed E-state index contributed by atoms with van der Waals surface area (Å²) in [6.07, 6.45) is 3.32. The second-order valence-corrected chi connectivity index (χ2v) is 6.93. The molecule has 0 aliphatic carbocycles. The van der Waals surface area contributed by atoms with Crippen LogP contribution in [0.2, 0.25) is 0 Å². The Bertz CT molecular complexity index is 714. The van der Waals surface area contributed by atoms with E-state index in [-0.39, 0.29) is 25.2 Å². The van der Waals surface area contributed by atoms with Gasteiger partial charge >= 0.3 is 12.0 Å². The van der Waals surface area contributed by atoms with Crippen molar-refractivity contribution in [1.82, 2.24) is 10.2 Å². The topological polar surface area (TPSA) is 92.8 Å². The molecule has 1 saturated heterocycles. The van der Waals surface area contributed by atoms with Gasteiger partial charge in [-0.2, -0.15) is 0 Å². The smallest absolute Gasteiger partial charge is 0.324 e. The van der Waals surface area contributed by atoms with Crippen LogP contribution >= 0.6 is 0 Å². The minimum absolute atomic E-state index is 0.0130. The molecule has 0 bridgehead atoms. The van der Waals surface area contributed by atoms with Crippen LogP contribution < -0.4 is 5.32 Å². The number of esters is 1. The Morgan fingerprint density at radius 1 is 1.14 bits per heavy atom. The van der Waals surface area contributed by atoms with Crippen LogP contribution in [0, 0.1) is 0 Å². The highest BCUT2D eigenvalue weighted by Crippen LogP contribution is 2.12. The fraction of sp³-hybridized carbons (Fsp3) is 0.524. The van der Waals surface area contributed by atoms with Gasteiger partial charge < -0.3 is 10.1 Å². The number of hydrogen-bond acceptors (Lipinski definition) is 5. The van der Waals surface area contributed by atoms with Gasteiger partial charge in [-0.05, 0) is 25.3 Å². The van der Waals surface area contributed by atoms with Gasteiger partial charge in [-0.25, -0.2) is 4.79 Å². The van der Waals surface area contributed by atoms with Crippen LogP contribution in [0.3, 0.4) is 0 Å². The van der Waals surface area contributed by atoms with E-state index in [4.69, 9.17) is 4.74 Å². The summed E-state index contributed by atoms with van der Waals surface area (Å²) in [4.78, 5) is 48.8. The van der Waals surface area contributed by atoms with Crippen LogP contribution in [0.15, 0.2) is 24.3 Å². The van der Waals surface area contributed by atoms with Crippen LogP contribution in [0.25, 0.3) is 0 Å². The molecule has 0 saturated carbocycles. The van der Waals surface area contributed by atoms with Crippen LogP contribution in [-0.4, -0.2) is 47.8 Å². The minimum Gasteiger partial charge on any atom is -0.453 e. The molecule has 1 heterocycles. The number of nitrogens with zero attached hydrogens (tertiary/aromatic N) is 1. The number of aryl methyl sites for hydroxylation is 1. The Labute approximate surface area is 165 Å². The summed E-state index contributed by atoms with van der Waals surface area (Å²) in [5, 5.41) is 2.52. The number of hydrogen-bond donors (Lipinski definition) is 1. The number of urea groups is 1. The molecule has 0 unspecified atom stereocenters. The Balaban J connectivity index is 1.76. The molecule has 1 atom stereocenters. The summed E-state index contributed by atoms with van der Waals surface area (Å²) in [7, 11) is 0. The Hall–Kier alpha value is -2.70. The number of nitrogens with one attached hydrogen (secondary N) is 1. The maximum absolute atomic E-state index is 12.3. The van der Waals surface area contributed by atoms with Gasteiger partial charge in [-0.1, -0.05) is 44.0 Å². The van der Waals surface area contributed by atoms with Gasteiger partial charge in [0.05, 0.1) is 6.42 Å². The number of imide groups is 1. The number of Topliss-reactive ketones (excluding diaryl/α,β-unsaturated/α-hetero) is 1. The summed E-state index contributed by atoms with van der Waals surface area (Å²) >= 11 is 0. The van der Waals surface area contributed by atoms with Crippen molar-refractivity contribution in [1.29, 1.82) is 0 Å². The van der Waals surface area contributed by atoms with Gasteiger partial charge in [0.1, 0.15) is 0 Å². The maximum Gasteiger partial charge on any atom is 0.324 e. The maximum atomic E-state index is 12.3. The molecule has 1 aromatic carbocycles. The molecule has 1 aliphatic rings. The lowest BCUT2D eigenvalue weighted by Crippen LogP contribution is -2.41. The molecule has 0 aromatic heterocycles. The van der Waals surface area contributed by atoms with E-state index < -0.39 is 24.0 Å². The second kappa shape index (κ2) is 10.6. The summed E-state index contributed by atoms with van der Waals surface area (Å²) in [5.74, 6) is -1.34. The first-order chi connectivity index (χ1) is 13.4. The predicted molar refractivity (Wildman–Crippen MR) is 104 cm³/mol. The Morgan fingerprint density at radius 2 is 1.86 bits per heavy atom. The summed E-state index contributed by atoms with van der Waals surface area (Å²) in [6, 6.07) is 6.98. The zero-order chi connectivity index (χ0) is 20.5. The molecular formula is C21H28N2O5. The van der Waals surface area contributed by atoms with E-state index in [2.05, 4.69) is 12.2 Å². The number of rotatable bonds is 10. The van der Waals surface area contributed by atoms with Gasteiger partial charge in [-0.3, -0.25) is 19.3 Å². The number of amides is 3. The molecule has 1 aromatic rings. The molecule has 152 valence electrons. The third-order valence-corrected chi connectivity index (χ3v) is 4.68. The lowest BCUT2D eigenvalue weighted by atomic mass is 10.0. The third kappa shape index (κ3) is 6.18. The lowest BCUT2D eigenvalue weighted by Gasteiger charge is -2.18. The largest absolute Gasteiger partial charge is 0.453 e. The van der Waals surface area contributed by atoms with E-state index in [1.807, 2.05) is 12.1 Å². The summed E-state index contributed by atoms with van der Waals surface area (Å²) in [6.45, 7) is 4.22. The van der Waals surface area contributed by atoms with E-state index in [1.165, 1.54) is 25.3 Å². The van der Waals surface area contributed by atoms with Crippen molar-refractivity contribution < 1.29 is 23.9 Å². The van der Waals surface area contributed by atoms with Crippen molar-refractivity contribution >= 4 is 23.7 Å². The number of unbranched alkanes of at least 4 members (excludes halogenated alkanes) is 2. The van der Waals surface area contributed by atoms with E-state index in [0.717, 1.165) is 17.7 Å². The number of carbonyl (C=O) groups excluding carboxylic acids is 4. The van der Waals surface area contributed by atoms with Crippen LogP contribution in [0.1, 0.15) is 61.9 Å². The fourth-order valence-corrected chi connectivity index (χ4v) is 3.00. The molecule has 3 amide bonds. The van der Waals surface area contributed by atoms with Gasteiger partial charge in [0.2, 0.25) is 0 Å². The Kier molecular flexibility index (Phi) is 8.17. The molecule has 1 aliphatic heterocycles. The van der Waals surface area contributed by atoms with Crippen molar-refractivity contribution in [2.24, 2.45) is 0 Å². The molecule has 7 heteroatoms. The van der Waals surface area contributed by atoms with Gasteiger partial charge in [0.25, 0.3) is 5.91 Å². The number of benzene rings is 1. The highest BCUT2D eigenvalue weighted by Gasteiger charge is 2.31. The molecule has 2 rings (SSSR count). The highest BCUT2D eigenvalue weighted by molar-refractivity contribution is 5.99. The molecule has 1 fully saturated rings. The molecule has 0 radical (unpaired) electrons. The third-order valence-electron chi connectivity index (χ3n) is 4.68. The predicted octanol–water partition coefficient (Wildman–Crippen LogP) is 2.87. The number of ether oxygens (including phenoxy) is 1. The van der Waals surface area contributed by atoms with Crippen LogP contribution in [-0.2, 0) is 20.7 Å². The van der Waals surface area contributed by atoms with E-state index in [9.17, 15) is 19.2 Å². The first-order valence-corrected chi connectivity index (χ1v) is 9.83. The highest BCUT2D eigenvalue weighted by atomic mass is 16.5. The monoisotopic (exact) mass is 388 g/mol. The molecular weight excluding hydrogens is 360 g/mol. The van der Waals surface area contributed by atoms with Gasteiger partial charge in [0.15, 0.2) is 11.9 Å². The molecule has 1 N–H and O–H groups in total. The standard InChI is InChI=1S/C21H28N2O5/c1-3-4-5-6-16-7-9-17(10-8-16)18(24)11-12-19(25)28-15(2)20(26)23-14-13-22-21(23)27/h7-10,15H,3-6,11-14H2,1-2H3,(H,22,27)/t15-/m1/s1. The van der Waals surface area contributed by atoms with Gasteiger partial charge in [-0.15, -0.1) is 0 Å². The number of carbonyl (C=O) groups is 4. The van der Waals surface area contributed by atoms with E-state index in [1.54, 1.807) is 12.1 Å². The normalized spacial score (nSPS) is 14.5. The average Bonchev–Trinajstić information content (AvgIpc) is 3.12. The minimum atomic E-state index is -1.06. The van der Waals surface area contributed by atoms with Gasteiger partial charge in [0, 0.05) is 25.1 Å². The van der Waals surface area contributed by atoms with Crippen molar-refractivity contribution in [3.05, 3.63) is 35.4 Å². The number of ketones is 1. The van der Waals surface area contributed by atoms with Crippen molar-refractivity contribution in [3.8, 4) is 0 Å². The molecule has 7 nitrogen and oxygen atoms in total. The first-order valence-electron chi connectivity index (χ1n) is 9.83. The van der Waals surface area contributed by atoms with Crippen molar-refractivity contribution in [2.45, 2.75) is 58.5 Å². The van der Waals surface area contributed by atoms with E-state index >= 15 is 0 Å². The average molecular weight is 388 g/mol. The zero-order valence-electron chi connectivity index (χ0n) is 16.5. The van der Waals surface area contributed by atoms with Crippen LogP contribution in [0.4, 0.5) is 4.79 Å². The van der Waals surface area contributed by atoms with Crippen molar-refractivity contribution in [2.75, 3.05) is 13.1 Å². The lowest BCUT2D eigenvalue weighted by molar-refractivity contribution is -0.157. The van der Waals surface area contributed by atoms with Crippen LogP contribution in [0.5, 0.6) is 0 Å². The van der Waals surface area contributed by atoms with Crippen molar-refractivity contribution in [3.63, 3.8) is 0 Å². The molecule has 28 heavy (non-hydrogen) atoms. The first kappa shape index (κ1) is 21.6. The quantitative estimate of drug-likeness (QED) is 0.378. The molecule has 0 spiro atoms. The second-order valence-electron chi connectivity index (χ2n) is 6.93. The zero-order valence-corrected chi connectivity index (χ0v) is 16.5.